The van der Waals surface area contributed by atoms with Gasteiger partial charge in [0.1, 0.15) is 12.2 Å². The van der Waals surface area contributed by atoms with E-state index < -0.39 is 0 Å². The molecule has 4 bridgehead atoms. The molecule has 1 aromatic heterocycles. The van der Waals surface area contributed by atoms with Crippen molar-refractivity contribution in [1.82, 2.24) is 15.1 Å². The number of hydrogen-bond donors (Lipinski definition) is 1. The molecular weight excluding hydrogens is 286 g/mol. The fraction of sp³-hybridized carbons (Fsp3) is 0.733. The van der Waals surface area contributed by atoms with E-state index in [1.807, 2.05) is 18.7 Å². The molecule has 0 aromatic carbocycles. The molecule has 0 radical (unpaired) electrons. The zero-order valence-electron chi connectivity index (χ0n) is 12.6. The molecule has 4 aliphatic rings. The van der Waals surface area contributed by atoms with Gasteiger partial charge in [-0.1, -0.05) is 0 Å². The van der Waals surface area contributed by atoms with E-state index in [2.05, 4.69) is 10.2 Å². The van der Waals surface area contributed by atoms with E-state index >= 15 is 0 Å². The number of H-pyrrole nitrogens is 1. The van der Waals surface area contributed by atoms with Crippen molar-refractivity contribution in [2.75, 3.05) is 13.2 Å². The third-order valence-electron chi connectivity index (χ3n) is 5.39. The van der Waals surface area contributed by atoms with Crippen molar-refractivity contribution in [3.8, 4) is 0 Å². The first-order valence-corrected chi connectivity index (χ1v) is 7.93. The van der Waals surface area contributed by atoms with E-state index in [0.717, 1.165) is 17.7 Å². The van der Waals surface area contributed by atoms with Gasteiger partial charge in [-0.05, 0) is 13.8 Å². The molecule has 6 atom stereocenters. The Morgan fingerprint density at radius 3 is 2.59 bits per heavy atom. The predicted molar refractivity (Wildman–Crippen MR) is 74.5 cm³/mol. The van der Waals surface area contributed by atoms with Crippen LogP contribution in [0.2, 0.25) is 0 Å². The summed E-state index contributed by atoms with van der Waals surface area (Å²) >= 11 is 0. The minimum atomic E-state index is -0.0500. The van der Waals surface area contributed by atoms with Gasteiger partial charge in [-0.25, -0.2) is 0 Å². The number of carbonyl (C=O) groups excluding carboxylic acids is 1. The Morgan fingerprint density at radius 2 is 1.91 bits per heavy atom. The highest BCUT2D eigenvalue weighted by Gasteiger charge is 2.61. The van der Waals surface area contributed by atoms with E-state index in [0.29, 0.717) is 18.9 Å². The van der Waals surface area contributed by atoms with Gasteiger partial charge in [0.25, 0.3) is 5.91 Å². The van der Waals surface area contributed by atoms with E-state index in [-0.39, 0.29) is 42.4 Å². The Labute approximate surface area is 127 Å². The molecule has 0 aliphatic carbocycles. The fourth-order valence-electron chi connectivity index (χ4n) is 4.46. The van der Waals surface area contributed by atoms with E-state index in [1.165, 1.54) is 0 Å². The number of likely N-dealkylation sites (tertiary alicyclic amines) is 1. The molecule has 0 spiro atoms. The number of hydrogen-bond acceptors (Lipinski definition) is 5. The molecule has 5 rings (SSSR count). The maximum Gasteiger partial charge on any atom is 0.275 e. The lowest BCUT2D eigenvalue weighted by Crippen LogP contribution is -2.53. The van der Waals surface area contributed by atoms with Crippen LogP contribution in [0.3, 0.4) is 0 Å². The molecule has 0 unspecified atom stereocenters. The van der Waals surface area contributed by atoms with E-state index in [4.69, 9.17) is 14.2 Å². The van der Waals surface area contributed by atoms with Crippen LogP contribution in [-0.2, 0) is 20.6 Å². The molecule has 7 heteroatoms. The van der Waals surface area contributed by atoms with Gasteiger partial charge >= 0.3 is 0 Å². The molecule has 4 aliphatic heterocycles. The molecule has 3 fully saturated rings. The van der Waals surface area contributed by atoms with Crippen LogP contribution in [0.25, 0.3) is 0 Å². The number of ether oxygens (including phenoxy) is 3. The third kappa shape index (κ3) is 1.51. The summed E-state index contributed by atoms with van der Waals surface area (Å²) in [6, 6.07) is 0.0802. The van der Waals surface area contributed by atoms with Crippen molar-refractivity contribution >= 4 is 5.91 Å². The predicted octanol–water partition coefficient (Wildman–Crippen LogP) is 0.422. The first kappa shape index (κ1) is 13.0. The van der Waals surface area contributed by atoms with Gasteiger partial charge in [-0.2, -0.15) is 5.10 Å². The zero-order chi connectivity index (χ0) is 15.0. The normalized spacial score (nSPS) is 42.0. The number of fused-ring (bicyclic) bond motifs is 1. The third-order valence-corrected chi connectivity index (χ3v) is 5.39. The number of nitrogens with one attached hydrogen (secondary N) is 1. The standard InChI is InChI=1S/C15H19N3O4/c1-6-3-8-11(7(2)22-6)16-17-12(8)15(19)18-9-4-20-14-10(18)5-21-13(9)14/h6-7,9-10,13-14H,3-5H2,1-2H3,(H,16,17)/t6-,7+,9-,10-,13-,14-/m1/s1. The van der Waals surface area contributed by atoms with Crippen molar-refractivity contribution in [3.63, 3.8) is 0 Å². The molecule has 1 N–H and O–H groups in total. The SMILES string of the molecule is C[C@@H]1Cc2c(C(=O)N3[C@@H]4CO[C@H]5[C@@H]4OC[C@H]53)n[nH]c2[C@H](C)O1. The second-order valence-corrected chi connectivity index (χ2v) is 6.70. The van der Waals surface area contributed by atoms with Crippen LogP contribution >= 0.6 is 0 Å². The molecule has 5 heterocycles. The summed E-state index contributed by atoms with van der Waals surface area (Å²) in [5, 5.41) is 7.32. The lowest BCUT2D eigenvalue weighted by molar-refractivity contribution is -0.0286. The maximum absolute atomic E-state index is 13.1. The highest BCUT2D eigenvalue weighted by atomic mass is 16.6. The van der Waals surface area contributed by atoms with Crippen LogP contribution in [0.1, 0.15) is 41.7 Å². The van der Waals surface area contributed by atoms with Gasteiger partial charge in [0, 0.05) is 12.0 Å². The number of nitrogens with zero attached hydrogens (tertiary/aromatic N) is 2. The summed E-state index contributed by atoms with van der Waals surface area (Å²) in [7, 11) is 0. The summed E-state index contributed by atoms with van der Waals surface area (Å²) in [5.74, 6) is 0.00731. The van der Waals surface area contributed by atoms with Crippen molar-refractivity contribution < 1.29 is 19.0 Å². The summed E-state index contributed by atoms with van der Waals surface area (Å²) in [4.78, 5) is 15.0. The Hall–Kier alpha value is -1.44. The summed E-state index contributed by atoms with van der Waals surface area (Å²) < 4.78 is 17.2. The van der Waals surface area contributed by atoms with Gasteiger partial charge < -0.3 is 19.1 Å². The van der Waals surface area contributed by atoms with Gasteiger partial charge in [0.15, 0.2) is 5.69 Å². The van der Waals surface area contributed by atoms with Crippen LogP contribution in [0.5, 0.6) is 0 Å². The van der Waals surface area contributed by atoms with Crippen molar-refractivity contribution in [2.45, 2.75) is 56.8 Å². The molecule has 7 nitrogen and oxygen atoms in total. The molecular formula is C15H19N3O4. The molecule has 22 heavy (non-hydrogen) atoms. The number of carbonyl (C=O) groups is 1. The average Bonchev–Trinajstić information content (AvgIpc) is 3.22. The number of morpholine rings is 2. The average molecular weight is 305 g/mol. The van der Waals surface area contributed by atoms with Gasteiger partial charge in [0.05, 0.1) is 43.2 Å². The minimum absolute atomic E-state index is 0.00731. The zero-order valence-corrected chi connectivity index (χ0v) is 12.6. The van der Waals surface area contributed by atoms with Gasteiger partial charge in [-0.3, -0.25) is 9.89 Å². The first-order chi connectivity index (χ1) is 10.6. The van der Waals surface area contributed by atoms with E-state index in [9.17, 15) is 4.79 Å². The Bertz CT molecular complexity index is 627. The summed E-state index contributed by atoms with van der Waals surface area (Å²) in [5.41, 5.74) is 2.50. The van der Waals surface area contributed by atoms with Crippen molar-refractivity contribution in [1.29, 1.82) is 0 Å². The number of amides is 1. The van der Waals surface area contributed by atoms with Crippen LogP contribution < -0.4 is 0 Å². The van der Waals surface area contributed by atoms with E-state index in [1.54, 1.807) is 0 Å². The van der Waals surface area contributed by atoms with Crippen molar-refractivity contribution in [3.05, 3.63) is 17.0 Å². The monoisotopic (exact) mass is 305 g/mol. The molecule has 0 saturated carbocycles. The smallest absolute Gasteiger partial charge is 0.275 e. The van der Waals surface area contributed by atoms with Gasteiger partial charge in [0.2, 0.25) is 0 Å². The number of aromatic nitrogens is 2. The second kappa shape index (κ2) is 4.31. The number of rotatable bonds is 1. The molecule has 118 valence electrons. The highest BCUT2D eigenvalue weighted by Crippen LogP contribution is 2.42. The molecule has 3 saturated heterocycles. The topological polar surface area (TPSA) is 76.7 Å². The molecule has 1 amide bonds. The quantitative estimate of drug-likeness (QED) is 0.814. The lowest BCUT2D eigenvalue weighted by Gasteiger charge is -2.35. The van der Waals surface area contributed by atoms with Crippen LogP contribution in [0.4, 0.5) is 0 Å². The van der Waals surface area contributed by atoms with Crippen LogP contribution in [0.15, 0.2) is 0 Å². The van der Waals surface area contributed by atoms with Crippen LogP contribution in [-0.4, -0.2) is 64.6 Å². The number of aromatic amines is 1. The summed E-state index contributed by atoms with van der Waals surface area (Å²) in [6.07, 6.45) is 0.867. The second-order valence-electron chi connectivity index (χ2n) is 6.70. The van der Waals surface area contributed by atoms with Crippen molar-refractivity contribution in [2.24, 2.45) is 0 Å². The minimum Gasteiger partial charge on any atom is -0.371 e. The Balaban J connectivity index is 1.50. The Morgan fingerprint density at radius 1 is 1.23 bits per heavy atom. The lowest BCUT2D eigenvalue weighted by atomic mass is 9.99. The maximum atomic E-state index is 13.1. The largest absolute Gasteiger partial charge is 0.371 e. The summed E-state index contributed by atoms with van der Waals surface area (Å²) in [6.45, 7) is 5.16. The first-order valence-electron chi connectivity index (χ1n) is 7.93. The highest BCUT2D eigenvalue weighted by molar-refractivity contribution is 5.95. The Kier molecular flexibility index (Phi) is 2.55. The van der Waals surface area contributed by atoms with Gasteiger partial charge in [-0.15, -0.1) is 0 Å². The van der Waals surface area contributed by atoms with Crippen LogP contribution in [0, 0.1) is 0 Å². The fourth-order valence-corrected chi connectivity index (χ4v) is 4.46. The molecule has 1 aromatic rings.